The van der Waals surface area contributed by atoms with Gasteiger partial charge < -0.3 is 14.3 Å². The molecule has 1 aliphatic rings. The lowest BCUT2D eigenvalue weighted by molar-refractivity contribution is -0.108. The number of benzene rings is 2. The third-order valence-electron chi connectivity index (χ3n) is 4.58. The average molecular weight is 374 g/mol. The number of ether oxygens (including phenoxy) is 2. The van der Waals surface area contributed by atoms with E-state index >= 15 is 0 Å². The van der Waals surface area contributed by atoms with Gasteiger partial charge >= 0.3 is 0 Å². The van der Waals surface area contributed by atoms with Crippen molar-refractivity contribution in [1.29, 1.82) is 0 Å². The molecule has 0 aromatic heterocycles. The normalized spacial score (nSPS) is 17.2. The van der Waals surface area contributed by atoms with Crippen molar-refractivity contribution in [1.82, 2.24) is 4.90 Å². The largest absolute Gasteiger partial charge is 0.492 e. The number of carbonyl (C=O) groups is 1. The Hall–Kier alpha value is -2.04. The lowest BCUT2D eigenvalue weighted by atomic mass is 10.2. The number of halogens is 1. The molecule has 1 heterocycles. The number of rotatable bonds is 9. The molecule has 0 aliphatic carbocycles. The standard InChI is InChI=1S/C21H24ClNO3/c22-17-5-7-20(8-6-17)26-21-11-9-19(10-12-21)25-16-18-4-3-14-23(18)13-1-2-15-24/h5-12,15,18H,1-4,13-14,16H2. The van der Waals surface area contributed by atoms with E-state index < -0.39 is 0 Å². The van der Waals surface area contributed by atoms with Crippen molar-refractivity contribution in [3.05, 3.63) is 53.6 Å². The van der Waals surface area contributed by atoms with Gasteiger partial charge in [-0.15, -0.1) is 0 Å². The summed E-state index contributed by atoms with van der Waals surface area (Å²) >= 11 is 5.88. The number of nitrogens with zero attached hydrogens (tertiary/aromatic N) is 1. The average Bonchev–Trinajstić information content (AvgIpc) is 3.11. The first kappa shape index (κ1) is 18.7. The summed E-state index contributed by atoms with van der Waals surface area (Å²) in [6.45, 7) is 2.75. The van der Waals surface area contributed by atoms with E-state index in [4.69, 9.17) is 21.1 Å². The number of carbonyl (C=O) groups excluding carboxylic acids is 1. The van der Waals surface area contributed by atoms with Gasteiger partial charge in [-0.05, 0) is 80.9 Å². The lowest BCUT2D eigenvalue weighted by Crippen LogP contribution is -2.34. The second kappa shape index (κ2) is 9.60. The Morgan fingerprint density at radius 3 is 2.38 bits per heavy atom. The molecule has 1 atom stereocenters. The summed E-state index contributed by atoms with van der Waals surface area (Å²) in [5.41, 5.74) is 0. The van der Waals surface area contributed by atoms with E-state index in [9.17, 15) is 4.79 Å². The summed E-state index contributed by atoms with van der Waals surface area (Å²) in [5.74, 6) is 2.35. The summed E-state index contributed by atoms with van der Waals surface area (Å²) < 4.78 is 11.8. The topological polar surface area (TPSA) is 38.8 Å². The molecule has 4 nitrogen and oxygen atoms in total. The minimum Gasteiger partial charge on any atom is -0.492 e. The molecule has 1 saturated heterocycles. The first-order chi connectivity index (χ1) is 12.7. The van der Waals surface area contributed by atoms with Crippen molar-refractivity contribution >= 4 is 17.9 Å². The van der Waals surface area contributed by atoms with Crippen molar-refractivity contribution in [2.75, 3.05) is 19.7 Å². The van der Waals surface area contributed by atoms with Crippen LogP contribution in [0.5, 0.6) is 17.2 Å². The molecule has 5 heteroatoms. The molecule has 0 radical (unpaired) electrons. The minimum absolute atomic E-state index is 0.437. The summed E-state index contributed by atoms with van der Waals surface area (Å²) in [5, 5.41) is 0.688. The van der Waals surface area contributed by atoms with Gasteiger partial charge in [-0.2, -0.15) is 0 Å². The maximum Gasteiger partial charge on any atom is 0.127 e. The zero-order valence-electron chi connectivity index (χ0n) is 14.8. The molecule has 1 aliphatic heterocycles. The fourth-order valence-electron chi connectivity index (χ4n) is 3.19. The van der Waals surface area contributed by atoms with Gasteiger partial charge in [0, 0.05) is 17.5 Å². The molecule has 1 unspecified atom stereocenters. The molecule has 138 valence electrons. The van der Waals surface area contributed by atoms with Crippen LogP contribution in [0.1, 0.15) is 25.7 Å². The molecule has 26 heavy (non-hydrogen) atoms. The number of likely N-dealkylation sites (tertiary alicyclic amines) is 1. The van der Waals surface area contributed by atoms with Crippen LogP contribution in [-0.4, -0.2) is 36.9 Å². The smallest absolute Gasteiger partial charge is 0.127 e. The van der Waals surface area contributed by atoms with Crippen LogP contribution in [0, 0.1) is 0 Å². The van der Waals surface area contributed by atoms with E-state index in [1.54, 1.807) is 12.1 Å². The summed E-state index contributed by atoms with van der Waals surface area (Å²) in [7, 11) is 0. The van der Waals surface area contributed by atoms with E-state index in [0.29, 0.717) is 24.1 Å². The van der Waals surface area contributed by atoms with Crippen LogP contribution in [0.15, 0.2) is 48.5 Å². The Bertz CT molecular complexity index is 687. The quantitative estimate of drug-likeness (QED) is 0.460. The number of hydrogen-bond donors (Lipinski definition) is 0. The first-order valence-electron chi connectivity index (χ1n) is 9.08. The predicted octanol–water partition coefficient (Wildman–Crippen LogP) is 4.95. The van der Waals surface area contributed by atoms with Gasteiger partial charge in [-0.25, -0.2) is 0 Å². The first-order valence-corrected chi connectivity index (χ1v) is 9.46. The molecule has 0 saturated carbocycles. The highest BCUT2D eigenvalue weighted by Gasteiger charge is 2.24. The molecule has 0 bridgehead atoms. The van der Waals surface area contributed by atoms with Crippen LogP contribution in [0.25, 0.3) is 0 Å². The summed E-state index contributed by atoms with van der Waals surface area (Å²) in [6, 6.07) is 15.4. The molecule has 2 aromatic rings. The fraction of sp³-hybridized carbons (Fsp3) is 0.381. The third-order valence-corrected chi connectivity index (χ3v) is 4.83. The summed E-state index contributed by atoms with van der Waals surface area (Å²) in [6.07, 6.45) is 4.91. The van der Waals surface area contributed by atoms with Crippen LogP contribution in [0.4, 0.5) is 0 Å². The minimum atomic E-state index is 0.437. The molecule has 2 aromatic carbocycles. The van der Waals surface area contributed by atoms with Crippen molar-refractivity contribution < 1.29 is 14.3 Å². The fourth-order valence-corrected chi connectivity index (χ4v) is 3.32. The van der Waals surface area contributed by atoms with Crippen molar-refractivity contribution in [3.8, 4) is 17.2 Å². The van der Waals surface area contributed by atoms with E-state index in [1.807, 2.05) is 36.4 Å². The van der Waals surface area contributed by atoms with Crippen LogP contribution >= 0.6 is 11.6 Å². The second-order valence-electron chi connectivity index (χ2n) is 6.48. The zero-order chi connectivity index (χ0) is 18.2. The lowest BCUT2D eigenvalue weighted by Gasteiger charge is -2.24. The van der Waals surface area contributed by atoms with Crippen molar-refractivity contribution in [2.45, 2.75) is 31.7 Å². The molecule has 0 spiro atoms. The molecular formula is C21H24ClNO3. The van der Waals surface area contributed by atoms with Gasteiger partial charge in [0.2, 0.25) is 0 Å². The highest BCUT2D eigenvalue weighted by atomic mass is 35.5. The van der Waals surface area contributed by atoms with Gasteiger partial charge in [0.15, 0.2) is 0 Å². The van der Waals surface area contributed by atoms with Gasteiger partial charge in [0.05, 0.1) is 0 Å². The molecular weight excluding hydrogens is 350 g/mol. The third kappa shape index (κ3) is 5.48. The van der Waals surface area contributed by atoms with Crippen molar-refractivity contribution in [2.24, 2.45) is 0 Å². The second-order valence-corrected chi connectivity index (χ2v) is 6.92. The Morgan fingerprint density at radius 2 is 1.69 bits per heavy atom. The van der Waals surface area contributed by atoms with E-state index in [-0.39, 0.29) is 0 Å². The van der Waals surface area contributed by atoms with Crippen LogP contribution in [0.2, 0.25) is 5.02 Å². The van der Waals surface area contributed by atoms with Gasteiger partial charge in [0.1, 0.15) is 30.1 Å². The SMILES string of the molecule is O=CCCCN1CCCC1COc1ccc(Oc2ccc(Cl)cc2)cc1. The maximum absolute atomic E-state index is 10.5. The molecule has 0 N–H and O–H groups in total. The van der Waals surface area contributed by atoms with Gasteiger partial charge in [0.25, 0.3) is 0 Å². The van der Waals surface area contributed by atoms with Crippen LogP contribution < -0.4 is 9.47 Å². The van der Waals surface area contributed by atoms with Crippen LogP contribution in [0.3, 0.4) is 0 Å². The van der Waals surface area contributed by atoms with Gasteiger partial charge in [-0.3, -0.25) is 4.90 Å². The molecule has 1 fully saturated rings. The van der Waals surface area contributed by atoms with E-state index in [1.165, 1.54) is 6.42 Å². The van der Waals surface area contributed by atoms with Crippen molar-refractivity contribution in [3.63, 3.8) is 0 Å². The highest BCUT2D eigenvalue weighted by molar-refractivity contribution is 6.30. The number of aldehydes is 1. The van der Waals surface area contributed by atoms with Crippen LogP contribution in [-0.2, 0) is 4.79 Å². The molecule has 3 rings (SSSR count). The maximum atomic E-state index is 10.5. The Kier molecular flexibility index (Phi) is 6.92. The number of unbranched alkanes of at least 4 members (excludes halogenated alkanes) is 1. The van der Waals surface area contributed by atoms with E-state index in [2.05, 4.69) is 4.90 Å². The molecule has 0 amide bonds. The highest BCUT2D eigenvalue weighted by Crippen LogP contribution is 2.26. The number of hydrogen-bond acceptors (Lipinski definition) is 4. The summed E-state index contributed by atoms with van der Waals surface area (Å²) in [4.78, 5) is 12.9. The van der Waals surface area contributed by atoms with Gasteiger partial charge in [-0.1, -0.05) is 11.6 Å². The zero-order valence-corrected chi connectivity index (χ0v) is 15.5. The Labute approximate surface area is 159 Å². The Balaban J connectivity index is 1.48. The predicted molar refractivity (Wildman–Crippen MR) is 103 cm³/mol. The van der Waals surface area contributed by atoms with E-state index in [0.717, 1.165) is 49.5 Å². The monoisotopic (exact) mass is 373 g/mol. The Morgan fingerprint density at radius 1 is 1.04 bits per heavy atom.